The molecule has 0 amide bonds. The number of aliphatic carboxylic acids is 1. The van der Waals surface area contributed by atoms with Gasteiger partial charge in [0.05, 0.1) is 11.4 Å². The van der Waals surface area contributed by atoms with Crippen molar-refractivity contribution in [3.8, 4) is 11.3 Å². The molecule has 0 saturated heterocycles. The van der Waals surface area contributed by atoms with Crippen LogP contribution < -0.4 is 5.73 Å². The van der Waals surface area contributed by atoms with Gasteiger partial charge in [-0.15, -0.1) is 0 Å². The molecule has 0 spiro atoms. The van der Waals surface area contributed by atoms with Gasteiger partial charge in [0, 0.05) is 27.1 Å². The predicted octanol–water partition coefficient (Wildman–Crippen LogP) is 3.48. The van der Waals surface area contributed by atoms with Crippen LogP contribution in [-0.4, -0.2) is 26.5 Å². The smallest absolute Gasteiger partial charge is 0.320 e. The highest BCUT2D eigenvalue weighted by Gasteiger charge is 2.20. The summed E-state index contributed by atoms with van der Waals surface area (Å²) in [5, 5.41) is 9.14. The average Bonchev–Trinajstić information content (AvgIpc) is 2.86. The molecule has 0 aliphatic carbocycles. The highest BCUT2D eigenvalue weighted by atomic mass is 79.9. The number of rotatable bonds is 4. The summed E-state index contributed by atoms with van der Waals surface area (Å²) in [6.45, 7) is 0. The van der Waals surface area contributed by atoms with Crippen LogP contribution in [0.15, 0.2) is 51.5 Å². The molecule has 2 aromatic heterocycles. The number of fused-ring (bicyclic) bond motifs is 1. The normalized spacial score (nSPS) is 12.5. The second kappa shape index (κ2) is 6.43. The Kier molecular flexibility index (Phi) is 4.52. The fourth-order valence-corrected chi connectivity index (χ4v) is 3.00. The first-order valence-electron chi connectivity index (χ1n) is 6.86. The molecular formula is C16H13Br2N3O2. The van der Waals surface area contributed by atoms with E-state index in [1.54, 1.807) is 0 Å². The number of nitrogens with zero attached hydrogens (tertiary/aromatic N) is 2. The molecule has 1 atom stereocenters. The first-order valence-corrected chi connectivity index (χ1v) is 8.45. The number of hydrogen-bond acceptors (Lipinski definition) is 3. The molecule has 0 aliphatic heterocycles. The molecule has 3 aromatic rings. The molecule has 3 N–H and O–H groups in total. The van der Waals surface area contributed by atoms with Crippen molar-refractivity contribution in [3.05, 3.63) is 57.2 Å². The van der Waals surface area contributed by atoms with Crippen LogP contribution in [0.25, 0.3) is 16.9 Å². The van der Waals surface area contributed by atoms with E-state index in [1.807, 2.05) is 47.0 Å². The van der Waals surface area contributed by atoms with E-state index >= 15 is 0 Å². The van der Waals surface area contributed by atoms with Crippen LogP contribution in [0.3, 0.4) is 0 Å². The molecule has 0 fully saturated rings. The maximum atomic E-state index is 11.2. The second-order valence-corrected chi connectivity index (χ2v) is 6.97. The van der Waals surface area contributed by atoms with Crippen LogP contribution in [0.2, 0.25) is 0 Å². The Labute approximate surface area is 149 Å². The fourth-order valence-electron chi connectivity index (χ4n) is 2.40. The van der Waals surface area contributed by atoms with Gasteiger partial charge in [0.2, 0.25) is 0 Å². The van der Waals surface area contributed by atoms with Crippen LogP contribution in [-0.2, 0) is 11.2 Å². The summed E-state index contributed by atoms with van der Waals surface area (Å²) in [5.74, 6) is -1.03. The van der Waals surface area contributed by atoms with Crippen LogP contribution >= 0.6 is 31.9 Å². The van der Waals surface area contributed by atoms with Crippen LogP contribution in [0.5, 0.6) is 0 Å². The summed E-state index contributed by atoms with van der Waals surface area (Å²) < 4.78 is 3.73. The number of benzene rings is 1. The average molecular weight is 439 g/mol. The Morgan fingerprint density at radius 1 is 1.17 bits per heavy atom. The van der Waals surface area contributed by atoms with Crippen molar-refractivity contribution < 1.29 is 9.90 Å². The zero-order valence-corrected chi connectivity index (χ0v) is 15.1. The first-order chi connectivity index (χ1) is 11.0. The molecule has 118 valence electrons. The van der Waals surface area contributed by atoms with Gasteiger partial charge >= 0.3 is 5.97 Å². The highest BCUT2D eigenvalue weighted by Crippen LogP contribution is 2.27. The van der Waals surface area contributed by atoms with Gasteiger partial charge in [-0.05, 0) is 40.2 Å². The minimum atomic E-state index is -1.03. The van der Waals surface area contributed by atoms with Crippen LogP contribution in [0.4, 0.5) is 0 Å². The monoisotopic (exact) mass is 437 g/mol. The third-order valence-electron chi connectivity index (χ3n) is 3.53. The molecule has 7 heteroatoms. The number of aromatic nitrogens is 2. The minimum Gasteiger partial charge on any atom is -0.480 e. The van der Waals surface area contributed by atoms with E-state index in [1.165, 1.54) is 0 Å². The van der Waals surface area contributed by atoms with Crippen molar-refractivity contribution >= 4 is 43.5 Å². The van der Waals surface area contributed by atoms with Crippen LogP contribution in [0, 0.1) is 0 Å². The van der Waals surface area contributed by atoms with Gasteiger partial charge in [0.1, 0.15) is 11.7 Å². The molecule has 1 aromatic carbocycles. The zero-order chi connectivity index (χ0) is 16.6. The number of carbonyl (C=O) groups is 1. The lowest BCUT2D eigenvalue weighted by Crippen LogP contribution is -2.32. The molecule has 0 aliphatic rings. The van der Waals surface area contributed by atoms with Gasteiger partial charge in [-0.1, -0.05) is 28.1 Å². The number of carboxylic acids is 1. The Bertz CT molecular complexity index is 875. The molecule has 2 heterocycles. The maximum absolute atomic E-state index is 11.2. The minimum absolute atomic E-state index is 0.193. The van der Waals surface area contributed by atoms with E-state index in [4.69, 9.17) is 10.8 Å². The standard InChI is InChI=1S/C16H13Br2N3O2/c17-10-3-1-9(2-4-10)15-13(7-12(19)16(22)23)21-8-11(18)5-6-14(21)20-15/h1-6,8,12H,7,19H2,(H,22,23). The molecule has 5 nitrogen and oxygen atoms in total. The van der Waals surface area contributed by atoms with E-state index in [2.05, 4.69) is 36.8 Å². The van der Waals surface area contributed by atoms with Crippen LogP contribution in [0.1, 0.15) is 5.69 Å². The fraction of sp³-hybridized carbons (Fsp3) is 0.125. The SMILES string of the molecule is NC(Cc1c(-c2ccc(Br)cc2)nc2ccc(Br)cn12)C(=O)O. The van der Waals surface area contributed by atoms with Crippen molar-refractivity contribution in [1.82, 2.24) is 9.38 Å². The molecule has 0 bridgehead atoms. The van der Waals surface area contributed by atoms with E-state index < -0.39 is 12.0 Å². The van der Waals surface area contributed by atoms with E-state index in [9.17, 15) is 4.79 Å². The second-order valence-electron chi connectivity index (χ2n) is 5.14. The van der Waals surface area contributed by atoms with E-state index in [-0.39, 0.29) is 6.42 Å². The van der Waals surface area contributed by atoms with Crippen molar-refractivity contribution in [2.75, 3.05) is 0 Å². The number of hydrogen-bond donors (Lipinski definition) is 2. The number of nitrogens with two attached hydrogens (primary N) is 1. The van der Waals surface area contributed by atoms with Crippen molar-refractivity contribution in [3.63, 3.8) is 0 Å². The first kappa shape index (κ1) is 16.2. The molecule has 0 radical (unpaired) electrons. The van der Waals surface area contributed by atoms with Gasteiger partial charge in [0.15, 0.2) is 0 Å². The zero-order valence-electron chi connectivity index (χ0n) is 11.9. The van der Waals surface area contributed by atoms with Gasteiger partial charge in [0.25, 0.3) is 0 Å². The van der Waals surface area contributed by atoms with Gasteiger partial charge < -0.3 is 15.2 Å². The highest BCUT2D eigenvalue weighted by molar-refractivity contribution is 9.10. The largest absolute Gasteiger partial charge is 0.480 e. The van der Waals surface area contributed by atoms with Crippen molar-refractivity contribution in [2.45, 2.75) is 12.5 Å². The summed E-state index contributed by atoms with van der Waals surface area (Å²) in [6.07, 6.45) is 2.06. The Morgan fingerprint density at radius 3 is 2.48 bits per heavy atom. The van der Waals surface area contributed by atoms with Gasteiger partial charge in [-0.2, -0.15) is 0 Å². The summed E-state index contributed by atoms with van der Waals surface area (Å²) >= 11 is 6.84. The maximum Gasteiger partial charge on any atom is 0.320 e. The summed E-state index contributed by atoms with van der Waals surface area (Å²) in [7, 11) is 0. The lowest BCUT2D eigenvalue weighted by Gasteiger charge is -2.09. The lowest BCUT2D eigenvalue weighted by atomic mass is 10.1. The van der Waals surface area contributed by atoms with Gasteiger partial charge in [-0.3, -0.25) is 4.79 Å². The molecule has 0 saturated carbocycles. The lowest BCUT2D eigenvalue weighted by molar-refractivity contribution is -0.138. The van der Waals surface area contributed by atoms with Crippen molar-refractivity contribution in [2.24, 2.45) is 5.73 Å². The quantitative estimate of drug-likeness (QED) is 0.653. The van der Waals surface area contributed by atoms with E-state index in [0.717, 1.165) is 31.5 Å². The Hall–Kier alpha value is -1.70. The third-order valence-corrected chi connectivity index (χ3v) is 4.53. The molecule has 3 rings (SSSR count). The summed E-state index contributed by atoms with van der Waals surface area (Å²) in [4.78, 5) is 15.8. The third kappa shape index (κ3) is 3.31. The summed E-state index contributed by atoms with van der Waals surface area (Å²) in [5.41, 5.74) is 8.93. The Morgan fingerprint density at radius 2 is 1.83 bits per heavy atom. The number of pyridine rings is 1. The topological polar surface area (TPSA) is 80.6 Å². The molecule has 23 heavy (non-hydrogen) atoms. The predicted molar refractivity (Wildman–Crippen MR) is 95.3 cm³/mol. The molecule has 1 unspecified atom stereocenters. The van der Waals surface area contributed by atoms with Crippen molar-refractivity contribution in [1.29, 1.82) is 0 Å². The number of halogens is 2. The summed E-state index contributed by atoms with van der Waals surface area (Å²) in [6, 6.07) is 10.5. The van der Waals surface area contributed by atoms with Gasteiger partial charge in [-0.25, -0.2) is 4.98 Å². The van der Waals surface area contributed by atoms with E-state index in [0.29, 0.717) is 0 Å². The number of imidazole rings is 1. The molecular weight excluding hydrogens is 426 g/mol. The number of carboxylic acid groups (broad SMARTS) is 1. The Balaban J connectivity index is 2.19.